The zero-order valence-electron chi connectivity index (χ0n) is 12.3. The number of hydrogen-bond acceptors (Lipinski definition) is 5. The molecule has 0 aromatic heterocycles. The molecule has 6 nitrogen and oxygen atoms in total. The molecular weight excluding hydrogens is 270 g/mol. The van der Waals surface area contributed by atoms with Crippen molar-refractivity contribution < 1.29 is 14.3 Å². The van der Waals surface area contributed by atoms with Crippen molar-refractivity contribution in [3.8, 4) is 6.07 Å². The molecule has 1 heterocycles. The maximum Gasteiger partial charge on any atom is 0.309 e. The predicted molar refractivity (Wildman–Crippen MR) is 75.8 cm³/mol. The summed E-state index contributed by atoms with van der Waals surface area (Å²) in [6.07, 6.45) is 4.90. The summed E-state index contributed by atoms with van der Waals surface area (Å²) in [4.78, 5) is 25.5. The van der Waals surface area contributed by atoms with Crippen LogP contribution in [0.4, 0.5) is 0 Å². The van der Waals surface area contributed by atoms with Gasteiger partial charge in [0.25, 0.3) is 5.91 Å². The zero-order valence-corrected chi connectivity index (χ0v) is 12.3. The van der Waals surface area contributed by atoms with Gasteiger partial charge in [0.1, 0.15) is 11.6 Å². The van der Waals surface area contributed by atoms with Crippen LogP contribution >= 0.6 is 0 Å². The summed E-state index contributed by atoms with van der Waals surface area (Å²) in [6.45, 7) is 3.15. The second kappa shape index (κ2) is 7.11. The van der Waals surface area contributed by atoms with Crippen molar-refractivity contribution in [2.75, 3.05) is 19.7 Å². The summed E-state index contributed by atoms with van der Waals surface area (Å²) < 4.78 is 5.00. The maximum atomic E-state index is 12.2. The number of nitrogens with zero attached hydrogens (tertiary/aromatic N) is 2. The van der Waals surface area contributed by atoms with Crippen molar-refractivity contribution in [2.24, 2.45) is 5.92 Å². The molecule has 0 bridgehead atoms. The standard InChI is InChI=1S/C15H21N3O3/c1-2-21-15(20)11-5-7-18(8-6-11)14(19)12(9-16)10-17-13-3-4-13/h10-11,13,17H,2-8H2,1H3/b12-10-. The average molecular weight is 291 g/mol. The van der Waals surface area contributed by atoms with Crippen molar-refractivity contribution in [1.29, 1.82) is 5.26 Å². The summed E-state index contributed by atoms with van der Waals surface area (Å²) in [7, 11) is 0. The molecule has 2 rings (SSSR count). The Bertz CT molecular complexity index is 469. The highest BCUT2D eigenvalue weighted by molar-refractivity contribution is 5.97. The van der Waals surface area contributed by atoms with Gasteiger partial charge in [-0.2, -0.15) is 5.26 Å². The molecule has 6 heteroatoms. The molecule has 114 valence electrons. The fourth-order valence-corrected chi connectivity index (χ4v) is 2.34. The molecule has 1 N–H and O–H groups in total. The third-order valence-electron chi connectivity index (χ3n) is 3.79. The molecule has 0 atom stereocenters. The van der Waals surface area contributed by atoms with E-state index in [4.69, 9.17) is 10.00 Å². The second-order valence-electron chi connectivity index (χ2n) is 5.43. The first-order chi connectivity index (χ1) is 10.2. The van der Waals surface area contributed by atoms with E-state index < -0.39 is 0 Å². The highest BCUT2D eigenvalue weighted by Crippen LogP contribution is 2.21. The summed E-state index contributed by atoms with van der Waals surface area (Å²) in [5.41, 5.74) is 0.136. The molecule has 2 aliphatic rings. The number of piperidine rings is 1. The lowest BCUT2D eigenvalue weighted by atomic mass is 9.96. The first-order valence-corrected chi connectivity index (χ1v) is 7.48. The van der Waals surface area contributed by atoms with Crippen LogP contribution in [0.1, 0.15) is 32.6 Å². The van der Waals surface area contributed by atoms with Crippen LogP contribution in [0.15, 0.2) is 11.8 Å². The number of carbonyl (C=O) groups is 2. The number of carbonyl (C=O) groups excluding carboxylic acids is 2. The minimum atomic E-state index is -0.257. The highest BCUT2D eigenvalue weighted by Gasteiger charge is 2.29. The minimum Gasteiger partial charge on any atom is -0.466 e. The number of esters is 1. The third-order valence-corrected chi connectivity index (χ3v) is 3.79. The van der Waals surface area contributed by atoms with Crippen molar-refractivity contribution in [1.82, 2.24) is 10.2 Å². The molecule has 21 heavy (non-hydrogen) atoms. The Labute approximate surface area is 124 Å². The first-order valence-electron chi connectivity index (χ1n) is 7.48. The molecule has 1 amide bonds. The van der Waals surface area contributed by atoms with Crippen LogP contribution in [0.25, 0.3) is 0 Å². The Morgan fingerprint density at radius 1 is 1.33 bits per heavy atom. The number of ether oxygens (including phenoxy) is 1. The van der Waals surface area contributed by atoms with Gasteiger partial charge in [-0.05, 0) is 32.6 Å². The van der Waals surface area contributed by atoms with Crippen molar-refractivity contribution in [3.05, 3.63) is 11.8 Å². The zero-order chi connectivity index (χ0) is 15.2. The van der Waals surface area contributed by atoms with Gasteiger partial charge in [0.15, 0.2) is 0 Å². The van der Waals surface area contributed by atoms with E-state index >= 15 is 0 Å². The van der Waals surface area contributed by atoms with E-state index in [1.54, 1.807) is 11.8 Å². The Balaban J connectivity index is 1.85. The van der Waals surface area contributed by atoms with Crippen LogP contribution in [0, 0.1) is 17.2 Å². The van der Waals surface area contributed by atoms with Crippen LogP contribution in [0.2, 0.25) is 0 Å². The lowest BCUT2D eigenvalue weighted by Crippen LogP contribution is -2.41. The average Bonchev–Trinajstić information content (AvgIpc) is 3.32. The molecule has 0 aromatic rings. The van der Waals surface area contributed by atoms with Crippen LogP contribution in [0.3, 0.4) is 0 Å². The molecular formula is C15H21N3O3. The normalized spacial score (nSPS) is 19.8. The molecule has 0 unspecified atom stereocenters. The summed E-state index contributed by atoms with van der Waals surface area (Å²) in [6, 6.07) is 2.37. The van der Waals surface area contributed by atoms with E-state index in [1.165, 1.54) is 6.20 Å². The van der Waals surface area contributed by atoms with Gasteiger partial charge in [-0.15, -0.1) is 0 Å². The number of likely N-dealkylation sites (tertiary alicyclic amines) is 1. The van der Waals surface area contributed by atoms with Gasteiger partial charge in [0.05, 0.1) is 12.5 Å². The first kappa shape index (κ1) is 15.4. The fourth-order valence-electron chi connectivity index (χ4n) is 2.34. The lowest BCUT2D eigenvalue weighted by Gasteiger charge is -2.30. The van der Waals surface area contributed by atoms with Crippen molar-refractivity contribution >= 4 is 11.9 Å². The minimum absolute atomic E-state index is 0.131. The van der Waals surface area contributed by atoms with E-state index in [9.17, 15) is 9.59 Å². The second-order valence-corrected chi connectivity index (χ2v) is 5.43. The van der Waals surface area contributed by atoms with Gasteiger partial charge in [-0.25, -0.2) is 0 Å². The number of nitrogens with one attached hydrogen (secondary N) is 1. The van der Waals surface area contributed by atoms with Gasteiger partial charge in [-0.1, -0.05) is 0 Å². The van der Waals surface area contributed by atoms with E-state index in [-0.39, 0.29) is 23.4 Å². The molecule has 0 radical (unpaired) electrons. The fraction of sp³-hybridized carbons (Fsp3) is 0.667. The summed E-state index contributed by atoms with van der Waals surface area (Å²) in [5, 5.41) is 12.2. The quantitative estimate of drug-likeness (QED) is 0.463. The van der Waals surface area contributed by atoms with Crippen LogP contribution in [-0.2, 0) is 14.3 Å². The Morgan fingerprint density at radius 2 is 2.00 bits per heavy atom. The van der Waals surface area contributed by atoms with E-state index in [1.807, 2.05) is 6.07 Å². The van der Waals surface area contributed by atoms with Crippen LogP contribution < -0.4 is 5.32 Å². The Hall–Kier alpha value is -2.03. The van der Waals surface area contributed by atoms with Gasteiger partial charge < -0.3 is 15.0 Å². The van der Waals surface area contributed by atoms with Crippen molar-refractivity contribution in [3.63, 3.8) is 0 Å². The lowest BCUT2D eigenvalue weighted by molar-refractivity contribution is -0.150. The number of rotatable bonds is 5. The van der Waals surface area contributed by atoms with E-state index in [0.29, 0.717) is 38.6 Å². The van der Waals surface area contributed by atoms with Gasteiger partial charge in [0.2, 0.25) is 0 Å². The Kier molecular flexibility index (Phi) is 5.20. The molecule has 0 spiro atoms. The van der Waals surface area contributed by atoms with Gasteiger partial charge >= 0.3 is 5.97 Å². The maximum absolute atomic E-state index is 12.2. The van der Waals surface area contributed by atoms with Gasteiger partial charge in [-0.3, -0.25) is 9.59 Å². The van der Waals surface area contributed by atoms with E-state index in [2.05, 4.69) is 5.32 Å². The summed E-state index contributed by atoms with van der Waals surface area (Å²) in [5.74, 6) is -0.572. The third kappa shape index (κ3) is 4.22. The Morgan fingerprint density at radius 3 is 2.52 bits per heavy atom. The molecule has 1 saturated carbocycles. The SMILES string of the molecule is CCOC(=O)C1CCN(C(=O)/C(C#N)=C\NC2CC2)CC1. The monoisotopic (exact) mass is 291 g/mol. The van der Waals surface area contributed by atoms with Crippen molar-refractivity contribution in [2.45, 2.75) is 38.6 Å². The number of amides is 1. The highest BCUT2D eigenvalue weighted by atomic mass is 16.5. The molecule has 1 saturated heterocycles. The van der Waals surface area contributed by atoms with Gasteiger partial charge in [0, 0.05) is 25.3 Å². The predicted octanol–water partition coefficient (Wildman–Crippen LogP) is 0.948. The summed E-state index contributed by atoms with van der Waals surface area (Å²) >= 11 is 0. The van der Waals surface area contributed by atoms with Crippen LogP contribution in [-0.4, -0.2) is 42.5 Å². The molecule has 1 aliphatic heterocycles. The molecule has 1 aliphatic carbocycles. The number of hydrogen-bond donors (Lipinski definition) is 1. The molecule has 0 aromatic carbocycles. The largest absolute Gasteiger partial charge is 0.466 e. The smallest absolute Gasteiger partial charge is 0.309 e. The van der Waals surface area contributed by atoms with Crippen LogP contribution in [0.5, 0.6) is 0 Å². The van der Waals surface area contributed by atoms with E-state index in [0.717, 1.165) is 12.8 Å². The molecule has 2 fully saturated rings. The topological polar surface area (TPSA) is 82.4 Å². The number of nitriles is 1.